The molecule has 29 heavy (non-hydrogen) atoms. The number of amides is 1. The Kier molecular flexibility index (Phi) is 6.21. The molecule has 0 radical (unpaired) electrons. The van der Waals surface area contributed by atoms with Gasteiger partial charge in [-0.3, -0.25) is 9.36 Å². The maximum Gasteiger partial charge on any atom is 0.230 e. The molecule has 0 unspecified atom stereocenters. The summed E-state index contributed by atoms with van der Waals surface area (Å²) in [4.78, 5) is 12.2. The summed E-state index contributed by atoms with van der Waals surface area (Å²) in [5, 5.41) is 12.1. The molecule has 2 heterocycles. The molecule has 0 saturated carbocycles. The maximum absolute atomic E-state index is 13.4. The molecular formula is C21H21FN4O2S. The van der Waals surface area contributed by atoms with E-state index in [1.54, 1.807) is 12.1 Å². The summed E-state index contributed by atoms with van der Waals surface area (Å²) >= 11 is 1.29. The summed E-state index contributed by atoms with van der Waals surface area (Å²) in [6, 6.07) is 15.8. The Labute approximate surface area is 172 Å². The van der Waals surface area contributed by atoms with E-state index in [4.69, 9.17) is 4.74 Å². The smallest absolute Gasteiger partial charge is 0.230 e. The average molecular weight is 412 g/mol. The van der Waals surface area contributed by atoms with Crippen molar-refractivity contribution in [1.82, 2.24) is 20.1 Å². The number of ether oxygens (including phenoxy) is 1. The van der Waals surface area contributed by atoms with Gasteiger partial charge in [-0.1, -0.05) is 42.1 Å². The number of aromatic nitrogens is 3. The molecule has 0 aliphatic carbocycles. The number of hydrogen-bond acceptors (Lipinski definition) is 5. The molecule has 1 fully saturated rings. The minimum Gasteiger partial charge on any atom is -0.376 e. The first-order valence-corrected chi connectivity index (χ1v) is 10.5. The Bertz CT molecular complexity index is 957. The van der Waals surface area contributed by atoms with Gasteiger partial charge in [0.25, 0.3) is 0 Å². The summed E-state index contributed by atoms with van der Waals surface area (Å²) in [5.74, 6) is 0.451. The Morgan fingerprint density at radius 3 is 2.69 bits per heavy atom. The molecule has 0 spiro atoms. The molecule has 1 saturated heterocycles. The third kappa shape index (κ3) is 4.83. The molecule has 1 aliphatic heterocycles. The first kappa shape index (κ1) is 19.6. The largest absolute Gasteiger partial charge is 0.376 e. The van der Waals surface area contributed by atoms with Gasteiger partial charge in [0.2, 0.25) is 5.91 Å². The highest BCUT2D eigenvalue weighted by atomic mass is 32.2. The van der Waals surface area contributed by atoms with Crippen LogP contribution in [0, 0.1) is 5.82 Å². The summed E-state index contributed by atoms with van der Waals surface area (Å²) < 4.78 is 20.8. The summed E-state index contributed by atoms with van der Waals surface area (Å²) in [5.41, 5.74) is 1.62. The SMILES string of the molecule is O=C(CSc1nnc(-c2ccccc2)n1-c1ccc(F)cc1)NC[C@H]1CCCO1. The zero-order valence-corrected chi connectivity index (χ0v) is 16.6. The van der Waals surface area contributed by atoms with Crippen LogP contribution in [0.25, 0.3) is 17.1 Å². The lowest BCUT2D eigenvalue weighted by molar-refractivity contribution is -0.119. The van der Waals surface area contributed by atoms with Crippen LogP contribution in [0.1, 0.15) is 12.8 Å². The van der Waals surface area contributed by atoms with Crippen LogP contribution in [0.15, 0.2) is 59.8 Å². The monoisotopic (exact) mass is 412 g/mol. The predicted molar refractivity (Wildman–Crippen MR) is 109 cm³/mol. The Balaban J connectivity index is 1.52. The second kappa shape index (κ2) is 9.19. The average Bonchev–Trinajstić information content (AvgIpc) is 3.42. The molecule has 8 heteroatoms. The number of carbonyl (C=O) groups excluding carboxylic acids is 1. The maximum atomic E-state index is 13.4. The quantitative estimate of drug-likeness (QED) is 0.602. The number of rotatable bonds is 7. The lowest BCUT2D eigenvalue weighted by atomic mass is 10.2. The minimum atomic E-state index is -0.314. The highest BCUT2D eigenvalue weighted by Gasteiger charge is 2.19. The van der Waals surface area contributed by atoms with Crippen molar-refractivity contribution in [3.63, 3.8) is 0 Å². The van der Waals surface area contributed by atoms with Gasteiger partial charge in [-0.05, 0) is 37.1 Å². The van der Waals surface area contributed by atoms with E-state index in [0.29, 0.717) is 17.5 Å². The van der Waals surface area contributed by atoms with Gasteiger partial charge in [0, 0.05) is 24.4 Å². The lowest BCUT2D eigenvalue weighted by Crippen LogP contribution is -2.32. The van der Waals surface area contributed by atoms with Crippen LogP contribution >= 0.6 is 11.8 Å². The van der Waals surface area contributed by atoms with Crippen LogP contribution < -0.4 is 5.32 Å². The van der Waals surface area contributed by atoms with Crippen LogP contribution in [-0.2, 0) is 9.53 Å². The minimum absolute atomic E-state index is 0.0829. The standard InChI is InChI=1S/C21H21FN4O2S/c22-16-8-10-17(11-9-16)26-20(15-5-2-1-3-6-15)24-25-21(26)29-14-19(27)23-13-18-7-4-12-28-18/h1-3,5-6,8-11,18H,4,7,12-14H2,(H,23,27)/t18-/m1/s1. The fraction of sp³-hybridized carbons (Fsp3) is 0.286. The van der Waals surface area contributed by atoms with Crippen LogP contribution in [0.3, 0.4) is 0 Å². The van der Waals surface area contributed by atoms with Crippen molar-refractivity contribution in [2.75, 3.05) is 18.9 Å². The molecule has 2 aromatic carbocycles. The van der Waals surface area contributed by atoms with Gasteiger partial charge >= 0.3 is 0 Å². The van der Waals surface area contributed by atoms with E-state index in [-0.39, 0.29) is 23.6 Å². The molecule has 4 rings (SSSR count). The Hall–Kier alpha value is -2.71. The fourth-order valence-corrected chi connectivity index (χ4v) is 3.96. The Morgan fingerprint density at radius 2 is 1.97 bits per heavy atom. The van der Waals surface area contributed by atoms with E-state index in [2.05, 4.69) is 15.5 Å². The molecule has 1 aliphatic rings. The van der Waals surface area contributed by atoms with Crippen LogP contribution in [0.2, 0.25) is 0 Å². The van der Waals surface area contributed by atoms with Gasteiger partial charge in [-0.15, -0.1) is 10.2 Å². The Morgan fingerprint density at radius 1 is 1.17 bits per heavy atom. The van der Waals surface area contributed by atoms with Crippen molar-refractivity contribution >= 4 is 17.7 Å². The van der Waals surface area contributed by atoms with Crippen molar-refractivity contribution in [2.24, 2.45) is 0 Å². The van der Waals surface area contributed by atoms with E-state index < -0.39 is 0 Å². The second-order valence-corrected chi connectivity index (χ2v) is 7.65. The molecule has 6 nitrogen and oxygen atoms in total. The van der Waals surface area contributed by atoms with Crippen molar-refractivity contribution < 1.29 is 13.9 Å². The van der Waals surface area contributed by atoms with E-state index in [1.165, 1.54) is 23.9 Å². The zero-order valence-electron chi connectivity index (χ0n) is 15.8. The van der Waals surface area contributed by atoms with Crippen molar-refractivity contribution in [1.29, 1.82) is 0 Å². The summed E-state index contributed by atoms with van der Waals surface area (Å²) in [7, 11) is 0. The van der Waals surface area contributed by atoms with Gasteiger partial charge in [-0.2, -0.15) is 0 Å². The highest BCUT2D eigenvalue weighted by molar-refractivity contribution is 7.99. The fourth-order valence-electron chi connectivity index (χ4n) is 3.17. The summed E-state index contributed by atoms with van der Waals surface area (Å²) in [6.45, 7) is 1.29. The van der Waals surface area contributed by atoms with Gasteiger partial charge in [0.05, 0.1) is 11.9 Å². The van der Waals surface area contributed by atoms with Crippen molar-refractivity contribution in [3.8, 4) is 17.1 Å². The number of hydrogen-bond donors (Lipinski definition) is 1. The lowest BCUT2D eigenvalue weighted by Gasteiger charge is -2.12. The molecule has 3 aromatic rings. The van der Waals surface area contributed by atoms with E-state index in [9.17, 15) is 9.18 Å². The number of carbonyl (C=O) groups is 1. The van der Waals surface area contributed by atoms with Crippen LogP contribution in [0.5, 0.6) is 0 Å². The first-order chi connectivity index (χ1) is 14.2. The third-order valence-electron chi connectivity index (χ3n) is 4.63. The molecular weight excluding hydrogens is 391 g/mol. The number of thioether (sulfide) groups is 1. The number of nitrogens with zero attached hydrogens (tertiary/aromatic N) is 3. The van der Waals surface area contributed by atoms with E-state index in [0.717, 1.165) is 30.7 Å². The molecule has 0 bridgehead atoms. The van der Waals surface area contributed by atoms with Gasteiger partial charge < -0.3 is 10.1 Å². The molecule has 1 aromatic heterocycles. The number of nitrogens with one attached hydrogen (secondary N) is 1. The van der Waals surface area contributed by atoms with Crippen molar-refractivity contribution in [3.05, 3.63) is 60.4 Å². The van der Waals surface area contributed by atoms with Crippen LogP contribution in [0.4, 0.5) is 4.39 Å². The van der Waals surface area contributed by atoms with Crippen molar-refractivity contribution in [2.45, 2.75) is 24.1 Å². The molecule has 1 amide bonds. The zero-order chi connectivity index (χ0) is 20.1. The van der Waals surface area contributed by atoms with Gasteiger partial charge in [-0.25, -0.2) is 4.39 Å². The summed E-state index contributed by atoms with van der Waals surface area (Å²) in [6.07, 6.45) is 2.13. The number of benzene rings is 2. The topological polar surface area (TPSA) is 69.0 Å². The van der Waals surface area contributed by atoms with Gasteiger partial charge in [0.1, 0.15) is 5.82 Å². The normalized spacial score (nSPS) is 16.1. The van der Waals surface area contributed by atoms with E-state index >= 15 is 0 Å². The number of halogens is 1. The van der Waals surface area contributed by atoms with E-state index in [1.807, 2.05) is 34.9 Å². The molecule has 1 atom stereocenters. The third-order valence-corrected chi connectivity index (χ3v) is 5.56. The molecule has 150 valence electrons. The second-order valence-electron chi connectivity index (χ2n) is 6.71. The predicted octanol–water partition coefficient (Wildman–Crippen LogP) is 3.46. The van der Waals surface area contributed by atoms with Gasteiger partial charge in [0.15, 0.2) is 11.0 Å². The highest BCUT2D eigenvalue weighted by Crippen LogP contribution is 2.28. The van der Waals surface area contributed by atoms with Crippen LogP contribution in [-0.4, -0.2) is 45.7 Å². The first-order valence-electron chi connectivity index (χ1n) is 9.48. The molecule has 1 N–H and O–H groups in total.